The molecule has 0 atom stereocenters. The van der Waals surface area contributed by atoms with E-state index in [4.69, 9.17) is 4.74 Å². The quantitative estimate of drug-likeness (QED) is 0.754. The number of carbonyl (C=O) groups is 1. The average Bonchev–Trinajstić information content (AvgIpc) is 3.24. The summed E-state index contributed by atoms with van der Waals surface area (Å²) in [5.41, 5.74) is 1.77. The summed E-state index contributed by atoms with van der Waals surface area (Å²) in [6, 6.07) is 10.4. The van der Waals surface area contributed by atoms with Crippen molar-refractivity contribution in [2.45, 2.75) is 19.3 Å². The molecule has 7 heteroatoms. The lowest BCUT2D eigenvalue weighted by Gasteiger charge is -2.26. The summed E-state index contributed by atoms with van der Waals surface area (Å²) in [5.74, 6) is 1.40. The number of piperidine rings is 1. The minimum atomic E-state index is 0.0289. The van der Waals surface area contributed by atoms with Crippen molar-refractivity contribution in [3.63, 3.8) is 0 Å². The second-order valence-electron chi connectivity index (χ2n) is 6.79. The number of hydrogen-bond donors (Lipinski definition) is 1. The molecule has 0 spiro atoms. The van der Waals surface area contributed by atoms with Gasteiger partial charge in [0.2, 0.25) is 0 Å². The van der Waals surface area contributed by atoms with Gasteiger partial charge in [0, 0.05) is 31.0 Å². The maximum absolute atomic E-state index is 12.6. The molecule has 4 rings (SSSR count). The van der Waals surface area contributed by atoms with Crippen LogP contribution in [0.15, 0.2) is 48.8 Å². The summed E-state index contributed by atoms with van der Waals surface area (Å²) < 4.78 is 6.83. The van der Waals surface area contributed by atoms with Crippen molar-refractivity contribution < 1.29 is 14.6 Å². The van der Waals surface area contributed by atoms with Crippen molar-refractivity contribution in [2.24, 2.45) is 0 Å². The van der Waals surface area contributed by atoms with Crippen LogP contribution in [-0.2, 0) is 0 Å². The molecule has 2 aromatic heterocycles. The predicted octanol–water partition coefficient (Wildman–Crippen LogP) is 3.27. The van der Waals surface area contributed by atoms with E-state index < -0.39 is 0 Å². The number of ether oxygens (including phenoxy) is 1. The fourth-order valence-electron chi connectivity index (χ4n) is 3.37. The molecule has 1 aliphatic rings. The Kier molecular flexibility index (Phi) is 4.97. The third-order valence-corrected chi connectivity index (χ3v) is 4.94. The number of benzene rings is 1. The Labute approximate surface area is 163 Å². The number of aromatic nitrogens is 3. The number of methoxy groups -OCH3 is 1. The van der Waals surface area contributed by atoms with Gasteiger partial charge in [-0.3, -0.25) is 4.79 Å². The molecule has 7 nitrogen and oxygen atoms in total. The highest BCUT2D eigenvalue weighted by Crippen LogP contribution is 2.31. The van der Waals surface area contributed by atoms with Crippen LogP contribution in [0.1, 0.15) is 29.6 Å². The van der Waals surface area contributed by atoms with Crippen LogP contribution in [0.25, 0.3) is 17.1 Å². The first-order valence-electron chi connectivity index (χ1n) is 9.34. The minimum absolute atomic E-state index is 0.0289. The Bertz CT molecular complexity index is 976. The Hall–Kier alpha value is -3.35. The summed E-state index contributed by atoms with van der Waals surface area (Å²) in [7, 11) is 1.57. The maximum Gasteiger partial charge on any atom is 0.255 e. The Morgan fingerprint density at radius 1 is 1.11 bits per heavy atom. The van der Waals surface area contributed by atoms with Gasteiger partial charge in [0.1, 0.15) is 11.5 Å². The summed E-state index contributed by atoms with van der Waals surface area (Å²) in [6.07, 6.45) is 6.67. The van der Waals surface area contributed by atoms with Crippen molar-refractivity contribution in [1.29, 1.82) is 0 Å². The number of aromatic hydroxyl groups is 1. The molecule has 0 aliphatic carbocycles. The minimum Gasteiger partial charge on any atom is -0.507 e. The summed E-state index contributed by atoms with van der Waals surface area (Å²) in [5, 5.41) is 14.6. The van der Waals surface area contributed by atoms with Gasteiger partial charge in [-0.05, 0) is 55.7 Å². The van der Waals surface area contributed by atoms with Gasteiger partial charge in [-0.25, -0.2) is 9.67 Å². The molecule has 3 heterocycles. The average molecular weight is 378 g/mol. The highest BCUT2D eigenvalue weighted by Gasteiger charge is 2.18. The fourth-order valence-corrected chi connectivity index (χ4v) is 3.37. The van der Waals surface area contributed by atoms with Crippen molar-refractivity contribution in [3.8, 4) is 28.6 Å². The van der Waals surface area contributed by atoms with Crippen molar-refractivity contribution >= 4 is 5.91 Å². The highest BCUT2D eigenvalue weighted by molar-refractivity contribution is 5.94. The van der Waals surface area contributed by atoms with Gasteiger partial charge in [-0.1, -0.05) is 0 Å². The number of likely N-dealkylation sites (tertiary alicyclic amines) is 1. The van der Waals surface area contributed by atoms with Crippen LogP contribution in [0.4, 0.5) is 0 Å². The maximum atomic E-state index is 12.6. The molecule has 0 radical (unpaired) electrons. The highest BCUT2D eigenvalue weighted by atomic mass is 16.5. The van der Waals surface area contributed by atoms with E-state index in [0.29, 0.717) is 28.4 Å². The first-order chi connectivity index (χ1) is 13.7. The SMILES string of the molecule is COc1ccc(O)c(-c2ccn(-c3ccc(C(=O)N4CCCCC4)cn3)n2)c1. The van der Waals surface area contributed by atoms with E-state index >= 15 is 0 Å². The molecule has 1 N–H and O–H groups in total. The van der Waals surface area contributed by atoms with Gasteiger partial charge in [0.25, 0.3) is 5.91 Å². The lowest BCUT2D eigenvalue weighted by molar-refractivity contribution is 0.0724. The van der Waals surface area contributed by atoms with E-state index in [1.807, 2.05) is 4.90 Å². The van der Waals surface area contributed by atoms with Crippen LogP contribution in [-0.4, -0.2) is 50.9 Å². The Morgan fingerprint density at radius 2 is 1.93 bits per heavy atom. The lowest BCUT2D eigenvalue weighted by Crippen LogP contribution is -2.35. The molecule has 1 aliphatic heterocycles. The number of pyridine rings is 1. The summed E-state index contributed by atoms with van der Waals surface area (Å²) in [6.45, 7) is 1.63. The Morgan fingerprint density at radius 3 is 2.64 bits per heavy atom. The molecule has 1 aromatic carbocycles. The standard InChI is InChI=1S/C21H22N4O3/c1-28-16-6-7-19(26)17(13-16)18-9-12-25(23-18)20-8-5-15(14-22-20)21(27)24-10-3-2-4-11-24/h5-9,12-14,26H,2-4,10-11H2,1H3. The van der Waals surface area contributed by atoms with E-state index in [-0.39, 0.29) is 11.7 Å². The third-order valence-electron chi connectivity index (χ3n) is 4.94. The number of amides is 1. The van der Waals surface area contributed by atoms with Gasteiger partial charge in [-0.15, -0.1) is 0 Å². The molecule has 28 heavy (non-hydrogen) atoms. The zero-order chi connectivity index (χ0) is 19.5. The second kappa shape index (κ2) is 7.72. The first-order valence-corrected chi connectivity index (χ1v) is 9.34. The van der Waals surface area contributed by atoms with Crippen LogP contribution in [0.2, 0.25) is 0 Å². The number of nitrogens with zero attached hydrogens (tertiary/aromatic N) is 4. The largest absolute Gasteiger partial charge is 0.507 e. The van der Waals surface area contributed by atoms with Gasteiger partial charge in [-0.2, -0.15) is 5.10 Å². The van der Waals surface area contributed by atoms with Gasteiger partial charge >= 0.3 is 0 Å². The monoisotopic (exact) mass is 378 g/mol. The van der Waals surface area contributed by atoms with Crippen molar-refractivity contribution in [2.75, 3.05) is 20.2 Å². The topological polar surface area (TPSA) is 80.5 Å². The molecule has 1 amide bonds. The predicted molar refractivity (Wildman–Crippen MR) is 105 cm³/mol. The van der Waals surface area contributed by atoms with Crippen molar-refractivity contribution in [3.05, 3.63) is 54.4 Å². The number of phenolic OH excluding ortho intramolecular Hbond substituents is 1. The Balaban J connectivity index is 1.55. The zero-order valence-corrected chi connectivity index (χ0v) is 15.7. The molecule has 1 fully saturated rings. The van der Waals surface area contributed by atoms with Crippen molar-refractivity contribution in [1.82, 2.24) is 19.7 Å². The molecule has 1 saturated heterocycles. The molecule has 0 saturated carbocycles. The number of phenols is 1. The number of carbonyl (C=O) groups excluding carboxylic acids is 1. The summed E-state index contributed by atoms with van der Waals surface area (Å²) >= 11 is 0. The molecule has 144 valence electrons. The van der Waals surface area contributed by atoms with Crippen LogP contribution in [0, 0.1) is 0 Å². The smallest absolute Gasteiger partial charge is 0.255 e. The van der Waals surface area contributed by atoms with E-state index in [2.05, 4.69) is 10.1 Å². The summed E-state index contributed by atoms with van der Waals surface area (Å²) in [4.78, 5) is 18.8. The van der Waals surface area contributed by atoms with Gasteiger partial charge in [0.15, 0.2) is 5.82 Å². The molecular weight excluding hydrogens is 356 g/mol. The van der Waals surface area contributed by atoms with Gasteiger partial charge < -0.3 is 14.7 Å². The fraction of sp³-hybridized carbons (Fsp3) is 0.286. The molecule has 0 unspecified atom stereocenters. The van der Waals surface area contributed by atoms with Crippen LogP contribution < -0.4 is 4.74 Å². The van der Waals surface area contributed by atoms with E-state index in [9.17, 15) is 9.90 Å². The van der Waals surface area contributed by atoms with Gasteiger partial charge in [0.05, 0.1) is 18.4 Å². The number of hydrogen-bond acceptors (Lipinski definition) is 5. The normalized spacial score (nSPS) is 14.1. The molecular formula is C21H22N4O3. The molecule has 0 bridgehead atoms. The second-order valence-corrected chi connectivity index (χ2v) is 6.79. The lowest BCUT2D eigenvalue weighted by atomic mass is 10.1. The van der Waals surface area contributed by atoms with E-state index in [0.717, 1.165) is 25.9 Å². The van der Waals surface area contributed by atoms with E-state index in [1.165, 1.54) is 6.42 Å². The number of rotatable bonds is 4. The van der Waals surface area contributed by atoms with E-state index in [1.54, 1.807) is 60.6 Å². The molecule has 3 aromatic rings. The van der Waals surface area contributed by atoms with Crippen LogP contribution in [0.5, 0.6) is 11.5 Å². The third kappa shape index (κ3) is 3.55. The van der Waals surface area contributed by atoms with Crippen LogP contribution in [0.3, 0.4) is 0 Å². The zero-order valence-electron chi connectivity index (χ0n) is 15.7. The first kappa shape index (κ1) is 18.0. The van der Waals surface area contributed by atoms with Crippen LogP contribution >= 0.6 is 0 Å².